The highest BCUT2D eigenvalue weighted by molar-refractivity contribution is 5.79. The summed E-state index contributed by atoms with van der Waals surface area (Å²) >= 11 is 0. The third-order valence-corrected chi connectivity index (χ3v) is 4.28. The molecule has 1 heterocycles. The summed E-state index contributed by atoms with van der Waals surface area (Å²) in [6.07, 6.45) is 3.50. The van der Waals surface area contributed by atoms with E-state index in [1.807, 2.05) is 4.90 Å². The molecule has 2 fully saturated rings. The molecule has 0 bridgehead atoms. The first-order chi connectivity index (χ1) is 8.22. The van der Waals surface area contributed by atoms with Crippen LogP contribution in [0.25, 0.3) is 0 Å². The zero-order chi connectivity index (χ0) is 12.3. The Morgan fingerprint density at radius 2 is 1.94 bits per heavy atom. The van der Waals surface area contributed by atoms with E-state index in [1.165, 1.54) is 12.8 Å². The monoisotopic (exact) mass is 240 g/mol. The van der Waals surface area contributed by atoms with Crippen molar-refractivity contribution in [3.63, 3.8) is 0 Å². The summed E-state index contributed by atoms with van der Waals surface area (Å²) in [7, 11) is 0. The second-order valence-electron chi connectivity index (χ2n) is 5.41. The largest absolute Gasteiger partial charge is 0.395 e. The van der Waals surface area contributed by atoms with Gasteiger partial charge in [0.15, 0.2) is 0 Å². The van der Waals surface area contributed by atoms with Gasteiger partial charge in [0, 0.05) is 38.6 Å². The van der Waals surface area contributed by atoms with Crippen molar-refractivity contribution in [2.45, 2.75) is 26.2 Å². The van der Waals surface area contributed by atoms with Gasteiger partial charge in [-0.05, 0) is 18.8 Å². The lowest BCUT2D eigenvalue weighted by Gasteiger charge is -2.36. The number of nitrogens with zero attached hydrogens (tertiary/aromatic N) is 2. The average Bonchev–Trinajstić information content (AvgIpc) is 2.76. The Balaban J connectivity index is 1.82. The summed E-state index contributed by atoms with van der Waals surface area (Å²) in [5.74, 6) is 1.22. The molecule has 1 saturated carbocycles. The van der Waals surface area contributed by atoms with Gasteiger partial charge in [-0.2, -0.15) is 0 Å². The number of hydrogen-bond donors (Lipinski definition) is 1. The van der Waals surface area contributed by atoms with E-state index in [-0.39, 0.29) is 12.5 Å². The maximum absolute atomic E-state index is 12.3. The van der Waals surface area contributed by atoms with Gasteiger partial charge in [-0.1, -0.05) is 13.3 Å². The summed E-state index contributed by atoms with van der Waals surface area (Å²) in [5, 5.41) is 8.88. The Labute approximate surface area is 104 Å². The molecule has 1 aliphatic heterocycles. The minimum atomic E-state index is 0.216. The van der Waals surface area contributed by atoms with Crippen molar-refractivity contribution in [3.05, 3.63) is 0 Å². The Kier molecular flexibility index (Phi) is 4.40. The number of aliphatic hydroxyl groups excluding tert-OH is 1. The third kappa shape index (κ3) is 2.99. The average molecular weight is 240 g/mol. The van der Waals surface area contributed by atoms with Crippen LogP contribution in [0.2, 0.25) is 0 Å². The van der Waals surface area contributed by atoms with E-state index in [0.29, 0.717) is 11.8 Å². The predicted molar refractivity (Wildman–Crippen MR) is 66.6 cm³/mol. The molecular weight excluding hydrogens is 216 g/mol. The standard InChI is InChI=1S/C13H24N2O2/c1-11-3-2-4-12(11)13(17)15-7-5-14(6-8-15)9-10-16/h11-12,16H,2-10H2,1H3. The third-order valence-electron chi connectivity index (χ3n) is 4.28. The minimum absolute atomic E-state index is 0.216. The van der Waals surface area contributed by atoms with Crippen molar-refractivity contribution < 1.29 is 9.90 Å². The normalized spacial score (nSPS) is 30.8. The number of aliphatic hydroxyl groups is 1. The lowest BCUT2D eigenvalue weighted by atomic mass is 9.96. The lowest BCUT2D eigenvalue weighted by Crippen LogP contribution is -2.51. The number of piperazine rings is 1. The first kappa shape index (κ1) is 12.8. The molecule has 4 heteroatoms. The zero-order valence-corrected chi connectivity index (χ0v) is 10.8. The quantitative estimate of drug-likeness (QED) is 0.784. The number of amides is 1. The molecule has 2 atom stereocenters. The van der Waals surface area contributed by atoms with Gasteiger partial charge < -0.3 is 10.0 Å². The Morgan fingerprint density at radius 3 is 2.47 bits per heavy atom. The molecule has 1 aliphatic carbocycles. The van der Waals surface area contributed by atoms with Gasteiger partial charge >= 0.3 is 0 Å². The van der Waals surface area contributed by atoms with Gasteiger partial charge in [-0.25, -0.2) is 0 Å². The van der Waals surface area contributed by atoms with E-state index in [0.717, 1.165) is 39.1 Å². The fourth-order valence-corrected chi connectivity index (χ4v) is 3.08. The first-order valence-corrected chi connectivity index (χ1v) is 6.84. The van der Waals surface area contributed by atoms with Crippen LogP contribution < -0.4 is 0 Å². The second-order valence-corrected chi connectivity index (χ2v) is 5.41. The highest BCUT2D eigenvalue weighted by Gasteiger charge is 2.33. The molecule has 1 N–H and O–H groups in total. The molecular formula is C13H24N2O2. The van der Waals surface area contributed by atoms with Crippen molar-refractivity contribution in [2.24, 2.45) is 11.8 Å². The number of rotatable bonds is 3. The lowest BCUT2D eigenvalue weighted by molar-refractivity contribution is -0.138. The second kappa shape index (κ2) is 5.83. The first-order valence-electron chi connectivity index (χ1n) is 6.84. The van der Waals surface area contributed by atoms with E-state index in [1.54, 1.807) is 0 Å². The van der Waals surface area contributed by atoms with Crippen molar-refractivity contribution in [2.75, 3.05) is 39.3 Å². The van der Waals surface area contributed by atoms with Gasteiger partial charge in [0.2, 0.25) is 5.91 Å². The number of β-amino-alcohol motifs (C(OH)–C–C–N with tert-alkyl or cyclic N) is 1. The van der Waals surface area contributed by atoms with Crippen molar-refractivity contribution >= 4 is 5.91 Å². The SMILES string of the molecule is CC1CCCC1C(=O)N1CCN(CCO)CC1. The van der Waals surface area contributed by atoms with Gasteiger partial charge in [0.25, 0.3) is 0 Å². The van der Waals surface area contributed by atoms with Crippen LogP contribution in [0.15, 0.2) is 0 Å². The van der Waals surface area contributed by atoms with Gasteiger partial charge in [0.1, 0.15) is 0 Å². The van der Waals surface area contributed by atoms with Crippen molar-refractivity contribution in [1.29, 1.82) is 0 Å². The van der Waals surface area contributed by atoms with Crippen molar-refractivity contribution in [3.8, 4) is 0 Å². The maximum Gasteiger partial charge on any atom is 0.226 e. The van der Waals surface area contributed by atoms with Crippen LogP contribution in [-0.4, -0.2) is 60.1 Å². The maximum atomic E-state index is 12.3. The smallest absolute Gasteiger partial charge is 0.226 e. The molecule has 0 spiro atoms. The predicted octanol–water partition coefficient (Wildman–Crippen LogP) is 0.559. The van der Waals surface area contributed by atoms with E-state index in [9.17, 15) is 4.79 Å². The van der Waals surface area contributed by atoms with Crippen LogP contribution in [0.3, 0.4) is 0 Å². The highest BCUT2D eigenvalue weighted by Crippen LogP contribution is 2.32. The zero-order valence-electron chi connectivity index (χ0n) is 10.8. The molecule has 98 valence electrons. The highest BCUT2D eigenvalue weighted by atomic mass is 16.3. The number of hydrogen-bond acceptors (Lipinski definition) is 3. The molecule has 4 nitrogen and oxygen atoms in total. The fraction of sp³-hybridized carbons (Fsp3) is 0.923. The minimum Gasteiger partial charge on any atom is -0.395 e. The number of carbonyl (C=O) groups excluding carboxylic acids is 1. The van der Waals surface area contributed by atoms with Crippen LogP contribution in [-0.2, 0) is 4.79 Å². The molecule has 0 radical (unpaired) electrons. The molecule has 17 heavy (non-hydrogen) atoms. The molecule has 0 aromatic carbocycles. The van der Waals surface area contributed by atoms with E-state index in [4.69, 9.17) is 5.11 Å². The molecule has 2 unspecified atom stereocenters. The molecule has 0 aromatic heterocycles. The molecule has 1 amide bonds. The summed E-state index contributed by atoms with van der Waals surface area (Å²) in [6.45, 7) is 6.65. The molecule has 2 rings (SSSR count). The molecule has 2 aliphatic rings. The summed E-state index contributed by atoms with van der Waals surface area (Å²) in [5.41, 5.74) is 0. The molecule has 0 aromatic rings. The van der Waals surface area contributed by atoms with E-state index >= 15 is 0 Å². The Morgan fingerprint density at radius 1 is 1.24 bits per heavy atom. The topological polar surface area (TPSA) is 43.8 Å². The van der Waals surface area contributed by atoms with Gasteiger partial charge in [-0.3, -0.25) is 9.69 Å². The van der Waals surface area contributed by atoms with Crippen LogP contribution in [0, 0.1) is 11.8 Å². The number of carbonyl (C=O) groups is 1. The summed E-state index contributed by atoms with van der Waals surface area (Å²) < 4.78 is 0. The molecule has 1 saturated heterocycles. The van der Waals surface area contributed by atoms with Gasteiger partial charge in [0.05, 0.1) is 6.61 Å². The van der Waals surface area contributed by atoms with Crippen molar-refractivity contribution in [1.82, 2.24) is 9.80 Å². The van der Waals surface area contributed by atoms with Crippen LogP contribution in [0.1, 0.15) is 26.2 Å². The summed E-state index contributed by atoms with van der Waals surface area (Å²) in [6, 6.07) is 0. The van der Waals surface area contributed by atoms with E-state index < -0.39 is 0 Å². The Bertz CT molecular complexity index is 262. The van der Waals surface area contributed by atoms with Crippen LogP contribution >= 0.6 is 0 Å². The Hall–Kier alpha value is -0.610. The summed E-state index contributed by atoms with van der Waals surface area (Å²) in [4.78, 5) is 16.6. The fourth-order valence-electron chi connectivity index (χ4n) is 3.08. The van der Waals surface area contributed by atoms with Crippen LogP contribution in [0.5, 0.6) is 0 Å². The van der Waals surface area contributed by atoms with E-state index in [2.05, 4.69) is 11.8 Å². The van der Waals surface area contributed by atoms with Crippen LogP contribution in [0.4, 0.5) is 0 Å². The van der Waals surface area contributed by atoms with Gasteiger partial charge in [-0.15, -0.1) is 0 Å².